The fourth-order valence-corrected chi connectivity index (χ4v) is 2.22. The number of hydrazine groups is 1. The van der Waals surface area contributed by atoms with Gasteiger partial charge in [0.25, 0.3) is 11.6 Å². The number of hydrogen-bond donors (Lipinski definition) is 3. The molecule has 0 fully saturated rings. The van der Waals surface area contributed by atoms with E-state index in [1.54, 1.807) is 11.8 Å². The third-order valence-corrected chi connectivity index (χ3v) is 3.39. The van der Waals surface area contributed by atoms with E-state index in [2.05, 4.69) is 10.7 Å². The largest absolute Gasteiger partial charge is 0.349 e. The Kier molecular flexibility index (Phi) is 6.26. The molecular formula is C12H18N4O3S. The topological polar surface area (TPSA) is 110 Å². The lowest BCUT2D eigenvalue weighted by molar-refractivity contribution is -0.384. The van der Waals surface area contributed by atoms with Crippen LogP contribution in [-0.4, -0.2) is 28.9 Å². The molecule has 7 nitrogen and oxygen atoms in total. The Morgan fingerprint density at radius 1 is 1.55 bits per heavy atom. The van der Waals surface area contributed by atoms with Crippen LogP contribution < -0.4 is 16.6 Å². The Morgan fingerprint density at radius 2 is 2.25 bits per heavy atom. The third-order valence-electron chi connectivity index (χ3n) is 2.75. The van der Waals surface area contributed by atoms with E-state index in [4.69, 9.17) is 5.84 Å². The van der Waals surface area contributed by atoms with E-state index in [1.807, 2.05) is 13.2 Å². The molecule has 1 aromatic rings. The minimum absolute atomic E-state index is 0.0140. The van der Waals surface area contributed by atoms with Crippen molar-refractivity contribution in [1.29, 1.82) is 0 Å². The number of nitrogen functional groups attached to an aromatic ring is 1. The van der Waals surface area contributed by atoms with Crippen LogP contribution in [0.4, 0.5) is 11.4 Å². The molecule has 1 atom stereocenters. The highest BCUT2D eigenvalue weighted by atomic mass is 32.2. The van der Waals surface area contributed by atoms with E-state index >= 15 is 0 Å². The number of carbonyl (C=O) groups excluding carboxylic acids is 1. The SMILES string of the molecule is CSCCC(C)NC(=O)c1cc([N+](=O)[O-])ccc1NN. The van der Waals surface area contributed by atoms with E-state index in [-0.39, 0.29) is 23.2 Å². The average molecular weight is 298 g/mol. The van der Waals surface area contributed by atoms with Crippen molar-refractivity contribution in [3.05, 3.63) is 33.9 Å². The number of rotatable bonds is 7. The maximum atomic E-state index is 12.1. The molecule has 0 saturated carbocycles. The number of amides is 1. The zero-order chi connectivity index (χ0) is 15.1. The molecule has 0 heterocycles. The predicted octanol–water partition coefficient (Wildman–Crippen LogP) is 1.75. The van der Waals surface area contributed by atoms with Gasteiger partial charge in [0.05, 0.1) is 16.2 Å². The minimum Gasteiger partial charge on any atom is -0.349 e. The van der Waals surface area contributed by atoms with Crippen LogP contribution in [0.5, 0.6) is 0 Å². The fraction of sp³-hybridized carbons (Fsp3) is 0.417. The fourth-order valence-electron chi connectivity index (χ4n) is 1.63. The van der Waals surface area contributed by atoms with Crippen LogP contribution in [0.3, 0.4) is 0 Å². The summed E-state index contributed by atoms with van der Waals surface area (Å²) in [5, 5.41) is 13.6. The minimum atomic E-state index is -0.547. The van der Waals surface area contributed by atoms with Crippen LogP contribution in [0, 0.1) is 10.1 Å². The van der Waals surface area contributed by atoms with Crippen LogP contribution in [0.15, 0.2) is 18.2 Å². The number of non-ortho nitro benzene ring substituents is 1. The van der Waals surface area contributed by atoms with E-state index < -0.39 is 4.92 Å². The third kappa shape index (κ3) is 4.39. The normalized spacial score (nSPS) is 11.8. The molecule has 0 aliphatic carbocycles. The summed E-state index contributed by atoms with van der Waals surface area (Å²) in [4.78, 5) is 22.3. The van der Waals surface area contributed by atoms with Crippen LogP contribution in [0.1, 0.15) is 23.7 Å². The molecule has 1 amide bonds. The molecule has 0 radical (unpaired) electrons. The molecule has 1 rings (SSSR count). The van der Waals surface area contributed by atoms with Crippen molar-refractivity contribution in [3.63, 3.8) is 0 Å². The van der Waals surface area contributed by atoms with Crippen LogP contribution in [0.2, 0.25) is 0 Å². The quantitative estimate of drug-likeness (QED) is 0.402. The first-order chi connectivity index (χ1) is 9.49. The smallest absolute Gasteiger partial charge is 0.270 e. The highest BCUT2D eigenvalue weighted by molar-refractivity contribution is 7.98. The first-order valence-corrected chi connectivity index (χ1v) is 7.43. The molecule has 0 bridgehead atoms. The van der Waals surface area contributed by atoms with Crippen LogP contribution in [-0.2, 0) is 0 Å². The standard InChI is InChI=1S/C12H18N4O3S/c1-8(5-6-20-2)14-12(17)10-7-9(16(18)19)3-4-11(10)15-13/h3-4,7-8,15H,5-6,13H2,1-2H3,(H,14,17). The molecule has 8 heteroatoms. The van der Waals surface area contributed by atoms with Gasteiger partial charge in [-0.15, -0.1) is 0 Å². The van der Waals surface area contributed by atoms with Gasteiger partial charge in [-0.2, -0.15) is 11.8 Å². The summed E-state index contributed by atoms with van der Waals surface area (Å²) in [6.45, 7) is 1.89. The number of benzene rings is 1. The molecule has 20 heavy (non-hydrogen) atoms. The number of nitrogens with zero attached hydrogens (tertiary/aromatic N) is 1. The second-order valence-corrected chi connectivity index (χ2v) is 5.27. The van der Waals surface area contributed by atoms with Gasteiger partial charge in [0.2, 0.25) is 0 Å². The summed E-state index contributed by atoms with van der Waals surface area (Å²) in [5.41, 5.74) is 2.74. The monoisotopic (exact) mass is 298 g/mol. The van der Waals surface area contributed by atoms with Gasteiger partial charge in [0.15, 0.2) is 0 Å². The van der Waals surface area contributed by atoms with Gasteiger partial charge in [-0.25, -0.2) is 0 Å². The van der Waals surface area contributed by atoms with Gasteiger partial charge >= 0.3 is 0 Å². The first-order valence-electron chi connectivity index (χ1n) is 6.04. The maximum Gasteiger partial charge on any atom is 0.270 e. The Labute approximate surface area is 121 Å². The van der Waals surface area contributed by atoms with Crippen molar-refractivity contribution in [3.8, 4) is 0 Å². The Bertz CT molecular complexity index is 496. The predicted molar refractivity (Wildman–Crippen MR) is 80.8 cm³/mol. The number of nitro benzene ring substituents is 1. The lowest BCUT2D eigenvalue weighted by atomic mass is 10.1. The summed E-state index contributed by atoms with van der Waals surface area (Å²) < 4.78 is 0. The van der Waals surface area contributed by atoms with Crippen molar-refractivity contribution in [2.24, 2.45) is 5.84 Å². The molecule has 0 spiro atoms. The zero-order valence-corrected chi connectivity index (χ0v) is 12.2. The lowest BCUT2D eigenvalue weighted by Crippen LogP contribution is -2.33. The molecule has 0 aliphatic rings. The molecule has 4 N–H and O–H groups in total. The number of carbonyl (C=O) groups is 1. The molecule has 0 aromatic heterocycles. The van der Waals surface area contributed by atoms with Gasteiger partial charge in [-0.1, -0.05) is 0 Å². The lowest BCUT2D eigenvalue weighted by Gasteiger charge is -2.15. The number of anilines is 1. The summed E-state index contributed by atoms with van der Waals surface area (Å²) in [6, 6.07) is 3.91. The Morgan fingerprint density at radius 3 is 2.80 bits per heavy atom. The number of nitrogens with two attached hydrogens (primary N) is 1. The van der Waals surface area contributed by atoms with Gasteiger partial charge in [-0.3, -0.25) is 20.8 Å². The Balaban J connectivity index is 2.89. The summed E-state index contributed by atoms with van der Waals surface area (Å²) >= 11 is 1.69. The summed E-state index contributed by atoms with van der Waals surface area (Å²) in [5.74, 6) is 5.87. The van der Waals surface area contributed by atoms with E-state index in [9.17, 15) is 14.9 Å². The molecule has 0 aliphatic heterocycles. The summed E-state index contributed by atoms with van der Waals surface area (Å²) in [6.07, 6.45) is 2.82. The van der Waals surface area contributed by atoms with Crippen molar-refractivity contribution < 1.29 is 9.72 Å². The average Bonchev–Trinajstić information content (AvgIpc) is 2.44. The van der Waals surface area contributed by atoms with Gasteiger partial charge in [-0.05, 0) is 31.4 Å². The highest BCUT2D eigenvalue weighted by Crippen LogP contribution is 2.21. The van der Waals surface area contributed by atoms with Gasteiger partial charge in [0.1, 0.15) is 0 Å². The van der Waals surface area contributed by atoms with E-state index in [0.717, 1.165) is 12.2 Å². The molecule has 110 valence electrons. The number of thioether (sulfide) groups is 1. The van der Waals surface area contributed by atoms with Crippen LogP contribution >= 0.6 is 11.8 Å². The Hall–Kier alpha value is -1.80. The van der Waals surface area contributed by atoms with E-state index in [1.165, 1.54) is 18.2 Å². The molecule has 1 unspecified atom stereocenters. The van der Waals surface area contributed by atoms with Gasteiger partial charge in [0, 0.05) is 18.2 Å². The number of hydrogen-bond acceptors (Lipinski definition) is 6. The van der Waals surface area contributed by atoms with Crippen LogP contribution in [0.25, 0.3) is 0 Å². The molecular weight excluding hydrogens is 280 g/mol. The first kappa shape index (κ1) is 16.3. The molecule has 1 aromatic carbocycles. The van der Waals surface area contributed by atoms with Crippen molar-refractivity contribution in [1.82, 2.24) is 5.32 Å². The van der Waals surface area contributed by atoms with E-state index in [0.29, 0.717) is 5.69 Å². The van der Waals surface area contributed by atoms with Crippen molar-refractivity contribution >= 4 is 29.0 Å². The van der Waals surface area contributed by atoms with Crippen molar-refractivity contribution in [2.45, 2.75) is 19.4 Å². The zero-order valence-electron chi connectivity index (χ0n) is 11.4. The maximum absolute atomic E-state index is 12.1. The van der Waals surface area contributed by atoms with Crippen molar-refractivity contribution in [2.75, 3.05) is 17.4 Å². The number of nitro groups is 1. The number of nitrogens with one attached hydrogen (secondary N) is 2. The summed E-state index contributed by atoms with van der Waals surface area (Å²) in [7, 11) is 0. The van der Waals surface area contributed by atoms with Gasteiger partial charge < -0.3 is 10.7 Å². The highest BCUT2D eigenvalue weighted by Gasteiger charge is 2.17. The second-order valence-electron chi connectivity index (χ2n) is 4.29. The molecule has 0 saturated heterocycles. The second kappa shape index (κ2) is 7.71.